The molecule has 0 saturated heterocycles. The van der Waals surface area contributed by atoms with Crippen LogP contribution in [0.25, 0.3) is 22.3 Å². The molecule has 0 bridgehead atoms. The zero-order valence-electron chi connectivity index (χ0n) is 33.6. The van der Waals surface area contributed by atoms with Gasteiger partial charge in [-0.25, -0.2) is 9.59 Å². The molecule has 0 amide bonds. The number of hydrogen-bond donors (Lipinski definition) is 0. The van der Waals surface area contributed by atoms with Gasteiger partial charge in [0.2, 0.25) is 0 Å². The van der Waals surface area contributed by atoms with Crippen molar-refractivity contribution in [2.75, 3.05) is 13.2 Å². The molecule has 0 atom stereocenters. The molecule has 0 spiro atoms. The zero-order valence-corrected chi connectivity index (χ0v) is 33.6. The number of benzene rings is 4. The van der Waals surface area contributed by atoms with Crippen molar-refractivity contribution in [3.63, 3.8) is 0 Å². The molecule has 6 rings (SSSR count). The van der Waals surface area contributed by atoms with E-state index in [4.69, 9.17) is 14.2 Å². The Balaban J connectivity index is 1.43. The van der Waals surface area contributed by atoms with Crippen LogP contribution in [0.2, 0.25) is 0 Å². The zero-order chi connectivity index (χ0) is 38.3. The van der Waals surface area contributed by atoms with Gasteiger partial charge in [-0.2, -0.15) is 0 Å². The van der Waals surface area contributed by atoms with E-state index in [1.165, 1.54) is 22.3 Å². The van der Waals surface area contributed by atoms with E-state index in [1.54, 1.807) is 0 Å². The molecule has 2 aliphatic carbocycles. The monoisotopic (exact) mass is 714 g/mol. The summed E-state index contributed by atoms with van der Waals surface area (Å²) >= 11 is 0. The molecule has 5 nitrogen and oxygen atoms in total. The number of rotatable bonds is 10. The molecule has 53 heavy (non-hydrogen) atoms. The molecule has 0 aliphatic heterocycles. The Bertz CT molecular complexity index is 1880. The molecule has 2 aliphatic rings. The molecule has 0 radical (unpaired) electrons. The molecule has 5 heteroatoms. The lowest BCUT2D eigenvalue weighted by atomic mass is 9.61. The van der Waals surface area contributed by atoms with E-state index in [1.807, 2.05) is 50.2 Å². The molecule has 0 N–H and O–H groups in total. The van der Waals surface area contributed by atoms with Crippen LogP contribution in [0.4, 0.5) is 0 Å². The van der Waals surface area contributed by atoms with Gasteiger partial charge < -0.3 is 14.2 Å². The number of esters is 2. The van der Waals surface area contributed by atoms with Crippen LogP contribution in [0.3, 0.4) is 0 Å². The molecule has 4 aromatic rings. The summed E-state index contributed by atoms with van der Waals surface area (Å²) in [5.41, 5.74) is 12.3. The van der Waals surface area contributed by atoms with E-state index in [0.717, 1.165) is 59.1 Å². The quantitative estimate of drug-likeness (QED) is 0.153. The molecule has 280 valence electrons. The van der Waals surface area contributed by atoms with Crippen molar-refractivity contribution in [1.82, 2.24) is 0 Å². The lowest BCUT2D eigenvalue weighted by Gasteiger charge is -2.43. The van der Waals surface area contributed by atoms with E-state index in [9.17, 15) is 9.59 Å². The van der Waals surface area contributed by atoms with E-state index < -0.39 is 0 Å². The highest BCUT2D eigenvalue weighted by Crippen LogP contribution is 2.52. The Morgan fingerprint density at radius 2 is 0.868 bits per heavy atom. The van der Waals surface area contributed by atoms with Crippen LogP contribution >= 0.6 is 0 Å². The van der Waals surface area contributed by atoms with Gasteiger partial charge in [0.05, 0.1) is 37.6 Å². The Morgan fingerprint density at radius 1 is 0.509 bits per heavy atom. The van der Waals surface area contributed by atoms with E-state index in [0.29, 0.717) is 37.6 Å². The molecule has 0 unspecified atom stereocenters. The van der Waals surface area contributed by atoms with Gasteiger partial charge in [-0.1, -0.05) is 104 Å². The van der Waals surface area contributed by atoms with Gasteiger partial charge in [0.25, 0.3) is 0 Å². The maximum absolute atomic E-state index is 13.2. The van der Waals surface area contributed by atoms with Crippen molar-refractivity contribution in [3.05, 3.63) is 117 Å². The van der Waals surface area contributed by atoms with Crippen molar-refractivity contribution >= 4 is 11.9 Å². The lowest BCUT2D eigenvalue weighted by Crippen LogP contribution is -2.35. The van der Waals surface area contributed by atoms with Gasteiger partial charge in [0, 0.05) is 0 Å². The van der Waals surface area contributed by atoms with E-state index in [-0.39, 0.29) is 33.6 Å². The first-order chi connectivity index (χ1) is 25.0. The summed E-state index contributed by atoms with van der Waals surface area (Å²) in [6.07, 6.45) is 4.27. The Kier molecular flexibility index (Phi) is 10.6. The predicted molar refractivity (Wildman–Crippen MR) is 215 cm³/mol. The minimum Gasteiger partial charge on any atom is -0.462 e. The predicted octanol–water partition coefficient (Wildman–Crippen LogP) is 11.8. The van der Waals surface area contributed by atoms with Gasteiger partial charge in [0.15, 0.2) is 0 Å². The summed E-state index contributed by atoms with van der Waals surface area (Å²) < 4.78 is 17.7. The number of ether oxygens (including phenoxy) is 3. The summed E-state index contributed by atoms with van der Waals surface area (Å²) in [6, 6.07) is 24.8. The number of carbonyl (C=O) groups is 2. The van der Waals surface area contributed by atoms with Crippen molar-refractivity contribution in [2.45, 2.75) is 130 Å². The van der Waals surface area contributed by atoms with Crippen molar-refractivity contribution < 1.29 is 23.8 Å². The summed E-state index contributed by atoms with van der Waals surface area (Å²) in [4.78, 5) is 26.5. The first-order valence-corrected chi connectivity index (χ1v) is 19.5. The second-order valence-corrected chi connectivity index (χ2v) is 17.7. The fraction of sp³-hybridized carbons (Fsp3) is 0.458. The van der Waals surface area contributed by atoms with Crippen LogP contribution in [-0.4, -0.2) is 25.2 Å². The van der Waals surface area contributed by atoms with Crippen LogP contribution in [0.5, 0.6) is 0 Å². The van der Waals surface area contributed by atoms with Gasteiger partial charge in [0.1, 0.15) is 0 Å². The first-order valence-electron chi connectivity index (χ1n) is 19.5. The Labute approximate surface area is 317 Å². The molecule has 0 heterocycles. The second kappa shape index (κ2) is 14.5. The minimum atomic E-state index is -0.301. The molecular weight excluding hydrogens is 657 g/mol. The third kappa shape index (κ3) is 7.47. The largest absolute Gasteiger partial charge is 0.462 e. The summed E-state index contributed by atoms with van der Waals surface area (Å²) in [5, 5.41) is 0. The highest BCUT2D eigenvalue weighted by Gasteiger charge is 2.41. The Morgan fingerprint density at radius 3 is 1.25 bits per heavy atom. The number of fused-ring (bicyclic) bond motifs is 2. The normalized spacial score (nSPS) is 17.7. The Hall–Kier alpha value is -4.22. The molecule has 0 saturated carbocycles. The SMILES string of the molecule is CCOC(=O)c1ccccc1-c1cc(COCc2cc(-c3ccccc3C(=O)OCC)c3c(c2)C(C)(C)CCC3(C)C)cc2c1C(C)(C)CCC2(C)C. The van der Waals surface area contributed by atoms with Gasteiger partial charge in [-0.05, 0) is 141 Å². The summed E-state index contributed by atoms with van der Waals surface area (Å²) in [6.45, 7) is 23.8. The molecule has 4 aromatic carbocycles. The molecule has 0 aromatic heterocycles. The average molecular weight is 715 g/mol. The van der Waals surface area contributed by atoms with Crippen LogP contribution in [0.1, 0.15) is 149 Å². The van der Waals surface area contributed by atoms with Crippen LogP contribution < -0.4 is 0 Å². The van der Waals surface area contributed by atoms with E-state index in [2.05, 4.69) is 91.8 Å². The fourth-order valence-corrected chi connectivity index (χ4v) is 8.79. The standard InChI is InChI=1S/C48H58O5/c1-11-52-43(49)35-19-15-13-17-33(35)37-25-31(27-39-41(37)47(7,8)23-21-45(39,3)4)29-51-30-32-26-38(34-18-14-16-20-36(34)44(50)53-12-2)42-40(28-32)46(5,6)22-24-48(42,9)10/h13-20,25-28H,11-12,21-24,29-30H2,1-10H3. The highest BCUT2D eigenvalue weighted by atomic mass is 16.5. The van der Waals surface area contributed by atoms with Crippen LogP contribution in [0.15, 0.2) is 72.8 Å². The fourth-order valence-electron chi connectivity index (χ4n) is 8.79. The van der Waals surface area contributed by atoms with Crippen LogP contribution in [-0.2, 0) is 49.1 Å². The molecular formula is C48H58O5. The maximum atomic E-state index is 13.2. The minimum absolute atomic E-state index is 0.0351. The number of hydrogen-bond acceptors (Lipinski definition) is 5. The summed E-state index contributed by atoms with van der Waals surface area (Å²) in [7, 11) is 0. The van der Waals surface area contributed by atoms with Gasteiger partial charge in [-0.15, -0.1) is 0 Å². The van der Waals surface area contributed by atoms with Gasteiger partial charge in [-0.3, -0.25) is 0 Å². The third-order valence-electron chi connectivity index (χ3n) is 11.9. The van der Waals surface area contributed by atoms with Crippen molar-refractivity contribution in [3.8, 4) is 22.3 Å². The highest BCUT2D eigenvalue weighted by molar-refractivity contribution is 5.99. The van der Waals surface area contributed by atoms with E-state index >= 15 is 0 Å². The topological polar surface area (TPSA) is 61.8 Å². The summed E-state index contributed by atoms with van der Waals surface area (Å²) in [5.74, 6) is -0.601. The third-order valence-corrected chi connectivity index (χ3v) is 11.9. The second-order valence-electron chi connectivity index (χ2n) is 17.7. The van der Waals surface area contributed by atoms with Crippen LogP contribution in [0, 0.1) is 0 Å². The van der Waals surface area contributed by atoms with Crippen molar-refractivity contribution in [2.24, 2.45) is 0 Å². The lowest BCUT2D eigenvalue weighted by molar-refractivity contribution is 0.0517. The number of carbonyl (C=O) groups excluding carboxylic acids is 2. The van der Waals surface area contributed by atoms with Crippen molar-refractivity contribution in [1.29, 1.82) is 0 Å². The maximum Gasteiger partial charge on any atom is 0.338 e. The molecule has 0 fully saturated rings. The average Bonchev–Trinajstić information content (AvgIpc) is 3.12. The van der Waals surface area contributed by atoms with Gasteiger partial charge >= 0.3 is 11.9 Å². The smallest absolute Gasteiger partial charge is 0.338 e. The first kappa shape index (κ1) is 38.5.